The van der Waals surface area contributed by atoms with Gasteiger partial charge in [-0.2, -0.15) is 0 Å². The Labute approximate surface area is 162 Å². The van der Waals surface area contributed by atoms with E-state index in [9.17, 15) is 4.79 Å². The number of nitrogens with zero attached hydrogens (tertiary/aromatic N) is 6. The summed E-state index contributed by atoms with van der Waals surface area (Å²) in [6.07, 6.45) is 9.03. The van der Waals surface area contributed by atoms with Crippen molar-refractivity contribution in [3.8, 4) is 0 Å². The third-order valence-corrected chi connectivity index (χ3v) is 6.62. The number of urea groups is 1. The summed E-state index contributed by atoms with van der Waals surface area (Å²) in [7, 11) is 3.64. The van der Waals surface area contributed by atoms with Crippen LogP contribution in [0.25, 0.3) is 0 Å². The fourth-order valence-corrected chi connectivity index (χ4v) is 5.03. The smallest absolute Gasteiger partial charge is 0.319 e. The van der Waals surface area contributed by atoms with Crippen LogP contribution >= 0.6 is 0 Å². The van der Waals surface area contributed by atoms with Crippen molar-refractivity contribution < 1.29 is 4.79 Å². The van der Waals surface area contributed by atoms with E-state index in [-0.39, 0.29) is 6.03 Å². The van der Waals surface area contributed by atoms with Crippen LogP contribution in [-0.4, -0.2) is 75.8 Å². The first-order valence-electron chi connectivity index (χ1n) is 10.7. The van der Waals surface area contributed by atoms with Crippen LogP contribution in [0.1, 0.15) is 62.5 Å². The second-order valence-corrected chi connectivity index (χ2v) is 8.80. The monoisotopic (exact) mass is 374 g/mol. The second kappa shape index (κ2) is 8.17. The highest BCUT2D eigenvalue weighted by atomic mass is 16.2. The Bertz CT molecular complexity index is 643. The molecule has 1 saturated heterocycles. The molecule has 0 spiro atoms. The zero-order valence-corrected chi connectivity index (χ0v) is 16.9. The van der Waals surface area contributed by atoms with E-state index in [1.54, 1.807) is 4.90 Å². The molecule has 3 heterocycles. The van der Waals surface area contributed by atoms with Crippen molar-refractivity contribution in [3.05, 3.63) is 11.6 Å². The fourth-order valence-electron chi connectivity index (χ4n) is 5.03. The van der Waals surface area contributed by atoms with Crippen LogP contribution in [0.15, 0.2) is 0 Å². The van der Waals surface area contributed by atoms with E-state index in [0.29, 0.717) is 5.92 Å². The number of fused-ring (bicyclic) bond motifs is 1. The summed E-state index contributed by atoms with van der Waals surface area (Å²) in [5.74, 6) is 3.60. The number of hydrogen-bond donors (Lipinski definition) is 0. The molecule has 27 heavy (non-hydrogen) atoms. The Hall–Kier alpha value is -1.63. The molecule has 1 aromatic heterocycles. The van der Waals surface area contributed by atoms with Gasteiger partial charge in [-0.25, -0.2) is 4.79 Å². The van der Waals surface area contributed by atoms with E-state index in [1.807, 2.05) is 19.0 Å². The van der Waals surface area contributed by atoms with Crippen LogP contribution in [0.4, 0.5) is 4.79 Å². The maximum absolute atomic E-state index is 12.1. The van der Waals surface area contributed by atoms with Crippen LogP contribution in [0, 0.1) is 5.92 Å². The minimum Gasteiger partial charge on any atom is -0.331 e. The van der Waals surface area contributed by atoms with Crippen molar-refractivity contribution in [2.24, 2.45) is 5.92 Å². The molecule has 1 saturated carbocycles. The molecule has 2 aliphatic heterocycles. The molecule has 3 aliphatic rings. The molecule has 0 unspecified atom stereocenters. The van der Waals surface area contributed by atoms with Crippen molar-refractivity contribution >= 4 is 6.03 Å². The summed E-state index contributed by atoms with van der Waals surface area (Å²) in [5.41, 5.74) is 0. The first-order valence-corrected chi connectivity index (χ1v) is 10.7. The number of hydrogen-bond acceptors (Lipinski definition) is 4. The lowest BCUT2D eigenvalue weighted by molar-refractivity contribution is 0.151. The van der Waals surface area contributed by atoms with Crippen molar-refractivity contribution in [3.63, 3.8) is 0 Å². The first-order chi connectivity index (χ1) is 13.1. The molecule has 0 bridgehead atoms. The number of piperidine rings is 1. The van der Waals surface area contributed by atoms with E-state index >= 15 is 0 Å². The molecule has 0 atom stereocenters. The SMILES string of the molecule is CN(C)C(=O)N1CCC(c2nnc3n2CCN(CC2CCCCC2)C3)CC1. The highest BCUT2D eigenvalue weighted by molar-refractivity contribution is 5.73. The van der Waals surface area contributed by atoms with Gasteiger partial charge in [0, 0.05) is 52.7 Å². The maximum Gasteiger partial charge on any atom is 0.319 e. The van der Waals surface area contributed by atoms with Crippen molar-refractivity contribution in [1.29, 1.82) is 0 Å². The number of carbonyl (C=O) groups is 1. The summed E-state index contributed by atoms with van der Waals surface area (Å²) in [6, 6.07) is 0.120. The lowest BCUT2D eigenvalue weighted by atomic mass is 9.89. The van der Waals surface area contributed by atoms with Crippen LogP contribution in [0.5, 0.6) is 0 Å². The van der Waals surface area contributed by atoms with Crippen molar-refractivity contribution in [1.82, 2.24) is 29.5 Å². The van der Waals surface area contributed by atoms with Gasteiger partial charge in [-0.3, -0.25) is 4.90 Å². The Balaban J connectivity index is 1.34. The quantitative estimate of drug-likeness (QED) is 0.816. The third kappa shape index (κ3) is 4.13. The van der Waals surface area contributed by atoms with Gasteiger partial charge in [0.05, 0.1) is 6.54 Å². The summed E-state index contributed by atoms with van der Waals surface area (Å²) in [5, 5.41) is 9.12. The normalized spacial score (nSPS) is 22.7. The van der Waals surface area contributed by atoms with Crippen LogP contribution in [0.3, 0.4) is 0 Å². The molecule has 0 aromatic carbocycles. The molecule has 4 rings (SSSR count). The van der Waals surface area contributed by atoms with Gasteiger partial charge >= 0.3 is 6.03 Å². The zero-order chi connectivity index (χ0) is 18.8. The number of carbonyl (C=O) groups excluding carboxylic acids is 1. The largest absolute Gasteiger partial charge is 0.331 e. The average Bonchev–Trinajstić information content (AvgIpc) is 3.11. The van der Waals surface area contributed by atoms with Gasteiger partial charge in [-0.05, 0) is 31.6 Å². The topological polar surface area (TPSA) is 57.5 Å². The third-order valence-electron chi connectivity index (χ3n) is 6.62. The Morgan fingerprint density at radius 3 is 2.44 bits per heavy atom. The fraction of sp³-hybridized carbons (Fsp3) is 0.850. The summed E-state index contributed by atoms with van der Waals surface area (Å²) < 4.78 is 2.37. The number of aromatic nitrogens is 3. The predicted molar refractivity (Wildman–Crippen MR) is 105 cm³/mol. The predicted octanol–water partition coefficient (Wildman–Crippen LogP) is 2.54. The average molecular weight is 375 g/mol. The van der Waals surface area contributed by atoms with Crippen LogP contribution < -0.4 is 0 Å². The number of likely N-dealkylation sites (tertiary alicyclic amines) is 1. The van der Waals surface area contributed by atoms with Gasteiger partial charge in [0.2, 0.25) is 0 Å². The lowest BCUT2D eigenvalue weighted by Gasteiger charge is -2.35. The lowest BCUT2D eigenvalue weighted by Crippen LogP contribution is -2.44. The van der Waals surface area contributed by atoms with E-state index in [2.05, 4.69) is 19.7 Å². The minimum atomic E-state index is 0.120. The van der Waals surface area contributed by atoms with Gasteiger partial charge in [-0.1, -0.05) is 19.3 Å². The van der Waals surface area contributed by atoms with E-state index in [0.717, 1.165) is 63.1 Å². The van der Waals surface area contributed by atoms with Gasteiger partial charge in [-0.15, -0.1) is 10.2 Å². The molecular formula is C20H34N6O. The molecule has 7 nitrogen and oxygen atoms in total. The molecule has 1 aliphatic carbocycles. The molecule has 0 N–H and O–H groups in total. The van der Waals surface area contributed by atoms with Crippen LogP contribution in [-0.2, 0) is 13.1 Å². The van der Waals surface area contributed by atoms with Crippen molar-refractivity contribution in [2.75, 3.05) is 40.3 Å². The molecule has 7 heteroatoms. The van der Waals surface area contributed by atoms with Gasteiger partial charge in [0.15, 0.2) is 0 Å². The molecule has 2 fully saturated rings. The standard InChI is InChI=1S/C20H34N6O/c1-23(2)20(27)25-10-8-17(9-11-25)19-22-21-18-15-24(12-13-26(18)19)14-16-6-4-3-5-7-16/h16-17H,3-15H2,1-2H3. The molecule has 0 radical (unpaired) electrons. The van der Waals surface area contributed by atoms with E-state index < -0.39 is 0 Å². The van der Waals surface area contributed by atoms with Gasteiger partial charge in [0.1, 0.15) is 11.6 Å². The first kappa shape index (κ1) is 18.7. The Morgan fingerprint density at radius 1 is 1.00 bits per heavy atom. The van der Waals surface area contributed by atoms with Crippen molar-refractivity contribution in [2.45, 2.75) is 64.0 Å². The van der Waals surface area contributed by atoms with Gasteiger partial charge in [0.25, 0.3) is 0 Å². The number of amides is 2. The summed E-state index contributed by atoms with van der Waals surface area (Å²) in [6.45, 7) is 5.94. The molecule has 150 valence electrons. The highest BCUT2D eigenvalue weighted by Crippen LogP contribution is 2.30. The second-order valence-electron chi connectivity index (χ2n) is 8.80. The highest BCUT2D eigenvalue weighted by Gasteiger charge is 2.30. The molecule has 2 amide bonds. The molecular weight excluding hydrogens is 340 g/mol. The zero-order valence-electron chi connectivity index (χ0n) is 16.9. The summed E-state index contributed by atoms with van der Waals surface area (Å²) >= 11 is 0. The maximum atomic E-state index is 12.1. The minimum absolute atomic E-state index is 0.120. The Kier molecular flexibility index (Phi) is 5.66. The Morgan fingerprint density at radius 2 is 1.74 bits per heavy atom. The summed E-state index contributed by atoms with van der Waals surface area (Å²) in [4.78, 5) is 18.3. The number of rotatable bonds is 3. The van der Waals surface area contributed by atoms with E-state index in [4.69, 9.17) is 0 Å². The van der Waals surface area contributed by atoms with E-state index in [1.165, 1.54) is 38.6 Å². The molecule has 1 aromatic rings. The van der Waals surface area contributed by atoms with Crippen LogP contribution in [0.2, 0.25) is 0 Å². The van der Waals surface area contributed by atoms with Gasteiger partial charge < -0.3 is 14.4 Å².